The van der Waals surface area contributed by atoms with Crippen molar-refractivity contribution in [3.05, 3.63) is 155 Å². The highest BCUT2D eigenvalue weighted by molar-refractivity contribution is 6.09. The lowest BCUT2D eigenvalue weighted by atomic mass is 9.86. The number of hydrogen-bond acceptors (Lipinski definition) is 3. The van der Waals surface area contributed by atoms with Gasteiger partial charge in [-0.2, -0.15) is 5.10 Å². The lowest BCUT2D eigenvalue weighted by Crippen LogP contribution is -2.14. The molecule has 4 aromatic carbocycles. The minimum absolute atomic E-state index is 0.339. The van der Waals surface area contributed by atoms with Crippen LogP contribution in [-0.4, -0.2) is 19.3 Å². The molecule has 0 N–H and O–H groups in total. The van der Waals surface area contributed by atoms with Crippen LogP contribution in [0.5, 0.6) is 11.5 Å². The van der Waals surface area contributed by atoms with E-state index in [2.05, 4.69) is 72.3 Å². The quantitative estimate of drug-likeness (QED) is 0.176. The van der Waals surface area contributed by atoms with Crippen LogP contribution >= 0.6 is 0 Å². The normalized spacial score (nSPS) is 11.6. The highest BCUT2D eigenvalue weighted by Crippen LogP contribution is 2.41. The first-order chi connectivity index (χ1) is 22.8. The molecule has 7 aromatic rings. The summed E-state index contributed by atoms with van der Waals surface area (Å²) in [6.45, 7) is 24.2. The van der Waals surface area contributed by atoms with Crippen LogP contribution in [0.2, 0.25) is 0 Å². The van der Waals surface area contributed by atoms with Crippen molar-refractivity contribution < 1.29 is 4.74 Å². The van der Waals surface area contributed by atoms with Crippen molar-refractivity contribution in [3.63, 3.8) is 0 Å². The third kappa shape index (κ3) is 5.28. The predicted molar refractivity (Wildman–Crippen MR) is 187 cm³/mol. The topological polar surface area (TPSA) is 53.6 Å². The molecule has 0 spiro atoms. The minimum Gasteiger partial charge on any atom is -0.457 e. The molecular formula is C40H32N6O. The average Bonchev–Trinajstić information content (AvgIpc) is 3.63. The van der Waals surface area contributed by atoms with Crippen LogP contribution in [0.25, 0.3) is 54.1 Å². The van der Waals surface area contributed by atoms with Crippen molar-refractivity contribution in [2.75, 3.05) is 0 Å². The standard InChI is InChI=1S/C40H32N6O/c1-26-21-22-43-35(23-26)45-33-18-11-10-17-31(33)32-20-19-30(25-34(32)45)47-29-16-12-15-28(24-29)46-37(39(41-5)42-6)36(27-13-8-7-9-14-27)38(44-46)40(2,3)4/h7-25,39H,1-4H3. The van der Waals surface area contributed by atoms with E-state index >= 15 is 0 Å². The number of benzene rings is 4. The molecule has 0 unspecified atom stereocenters. The lowest BCUT2D eigenvalue weighted by Gasteiger charge is -2.17. The molecule has 0 aliphatic heterocycles. The molecule has 0 saturated heterocycles. The van der Waals surface area contributed by atoms with Gasteiger partial charge in [-0.25, -0.2) is 32.5 Å². The molecule has 0 aliphatic rings. The fourth-order valence-electron chi connectivity index (χ4n) is 6.15. The van der Waals surface area contributed by atoms with E-state index < -0.39 is 6.17 Å². The van der Waals surface area contributed by atoms with Gasteiger partial charge in [0.25, 0.3) is 0 Å². The summed E-state index contributed by atoms with van der Waals surface area (Å²) in [4.78, 5) is 12.1. The Balaban J connectivity index is 1.35. The average molecular weight is 613 g/mol. The number of ether oxygens (including phenoxy) is 1. The van der Waals surface area contributed by atoms with E-state index in [-0.39, 0.29) is 5.41 Å². The Hall–Kier alpha value is -6.18. The highest BCUT2D eigenvalue weighted by atomic mass is 16.5. The van der Waals surface area contributed by atoms with E-state index in [9.17, 15) is 0 Å². The molecule has 7 heteroatoms. The second kappa shape index (κ2) is 11.6. The molecule has 0 aliphatic carbocycles. The minimum atomic E-state index is -1.06. The van der Waals surface area contributed by atoms with Crippen LogP contribution in [0.4, 0.5) is 0 Å². The van der Waals surface area contributed by atoms with Crippen LogP contribution in [0.3, 0.4) is 0 Å². The van der Waals surface area contributed by atoms with Gasteiger partial charge in [0, 0.05) is 40.1 Å². The van der Waals surface area contributed by atoms with Gasteiger partial charge in [0.15, 0.2) is 0 Å². The van der Waals surface area contributed by atoms with E-state index in [4.69, 9.17) is 28.0 Å². The van der Waals surface area contributed by atoms with E-state index in [0.29, 0.717) is 22.9 Å². The van der Waals surface area contributed by atoms with Gasteiger partial charge in [-0.05, 0) is 60.5 Å². The number of rotatable bonds is 6. The molecule has 0 bridgehead atoms. The Labute approximate surface area is 274 Å². The van der Waals surface area contributed by atoms with Gasteiger partial charge >= 0.3 is 6.17 Å². The smallest absolute Gasteiger partial charge is 0.457 e. The molecule has 0 saturated carbocycles. The van der Waals surface area contributed by atoms with Crippen LogP contribution in [0, 0.1) is 20.1 Å². The second-order valence-corrected chi connectivity index (χ2v) is 12.6. The van der Waals surface area contributed by atoms with Crippen LogP contribution in [0.1, 0.15) is 43.9 Å². The first-order valence-corrected chi connectivity index (χ1v) is 15.4. The maximum Gasteiger partial charge on any atom is 0.519 e. The van der Waals surface area contributed by atoms with E-state index in [1.54, 1.807) is 4.68 Å². The molecule has 3 heterocycles. The van der Waals surface area contributed by atoms with Crippen molar-refractivity contribution >= 4 is 21.8 Å². The molecular weight excluding hydrogens is 580 g/mol. The van der Waals surface area contributed by atoms with Crippen molar-refractivity contribution in [3.8, 4) is 34.1 Å². The maximum atomic E-state index is 7.91. The zero-order chi connectivity index (χ0) is 32.7. The number of aromatic nitrogens is 4. The number of aryl methyl sites for hydroxylation is 1. The fourth-order valence-corrected chi connectivity index (χ4v) is 6.15. The molecule has 0 fully saturated rings. The van der Waals surface area contributed by atoms with E-state index in [1.807, 2.05) is 85.1 Å². The van der Waals surface area contributed by atoms with E-state index in [0.717, 1.165) is 50.0 Å². The lowest BCUT2D eigenvalue weighted by molar-refractivity contribution is 0.482. The Bertz CT molecular complexity index is 2350. The third-order valence-electron chi connectivity index (χ3n) is 8.26. The Morgan fingerprint density at radius 3 is 2.21 bits per heavy atom. The van der Waals surface area contributed by atoms with Crippen molar-refractivity contribution in [2.45, 2.75) is 39.3 Å². The summed E-state index contributed by atoms with van der Waals surface area (Å²) in [5.41, 5.74) is 6.70. The van der Waals surface area contributed by atoms with E-state index in [1.165, 1.54) is 0 Å². The van der Waals surface area contributed by atoms with Gasteiger partial charge < -0.3 is 4.74 Å². The second-order valence-electron chi connectivity index (χ2n) is 12.6. The summed E-state index contributed by atoms with van der Waals surface area (Å²) in [6.07, 6.45) is 0.777. The third-order valence-corrected chi connectivity index (χ3v) is 8.26. The Kier molecular flexibility index (Phi) is 7.31. The van der Waals surface area contributed by atoms with Gasteiger partial charge in [-0.3, -0.25) is 4.57 Å². The number of hydrogen-bond donors (Lipinski definition) is 0. The fraction of sp³-hybridized carbons (Fsp3) is 0.150. The summed E-state index contributed by atoms with van der Waals surface area (Å²) in [5.74, 6) is 2.13. The van der Waals surface area contributed by atoms with Crippen molar-refractivity contribution in [1.82, 2.24) is 19.3 Å². The number of fused-ring (bicyclic) bond motifs is 3. The Morgan fingerprint density at radius 1 is 0.745 bits per heavy atom. The summed E-state index contributed by atoms with van der Waals surface area (Å²) < 4.78 is 10.4. The number of nitrogens with zero attached hydrogens (tertiary/aromatic N) is 6. The van der Waals surface area contributed by atoms with Crippen molar-refractivity contribution in [1.29, 1.82) is 0 Å². The Morgan fingerprint density at radius 2 is 1.47 bits per heavy atom. The van der Waals surface area contributed by atoms with Gasteiger partial charge in [-0.15, -0.1) is 0 Å². The first-order valence-electron chi connectivity index (χ1n) is 15.4. The van der Waals surface area contributed by atoms with Crippen LogP contribution in [0.15, 0.2) is 115 Å². The van der Waals surface area contributed by atoms with Crippen LogP contribution in [-0.2, 0) is 5.41 Å². The SMILES string of the molecule is [C-]#[N+]C([N+]#[C-])c1c(-c2ccccc2)c(C(C)(C)C)nn1-c1cccc(Oc2ccc3c4ccccc4n(-c4cc(C)ccn4)c3c2)c1. The number of para-hydroxylation sites is 1. The summed E-state index contributed by atoms with van der Waals surface area (Å²) in [6, 6.07) is 36.1. The predicted octanol–water partition coefficient (Wildman–Crippen LogP) is 10.3. The molecule has 0 amide bonds. The van der Waals surface area contributed by atoms with Gasteiger partial charge in [0.2, 0.25) is 5.69 Å². The van der Waals surface area contributed by atoms with Gasteiger partial charge in [0.1, 0.15) is 17.3 Å². The van der Waals surface area contributed by atoms with Crippen molar-refractivity contribution in [2.24, 2.45) is 0 Å². The first kappa shape index (κ1) is 29.5. The molecule has 7 nitrogen and oxygen atoms in total. The van der Waals surface area contributed by atoms with Gasteiger partial charge in [-0.1, -0.05) is 75.4 Å². The maximum absolute atomic E-state index is 7.91. The summed E-state index contributed by atoms with van der Waals surface area (Å²) >= 11 is 0. The molecule has 3 aromatic heterocycles. The zero-order valence-electron chi connectivity index (χ0n) is 26.6. The van der Waals surface area contributed by atoms with Crippen LogP contribution < -0.4 is 4.74 Å². The molecule has 228 valence electrons. The molecule has 0 atom stereocenters. The summed E-state index contributed by atoms with van der Waals surface area (Å²) in [5, 5.41) is 7.33. The largest absolute Gasteiger partial charge is 0.519 e. The monoisotopic (exact) mass is 612 g/mol. The molecule has 7 rings (SSSR count). The van der Waals surface area contributed by atoms with Gasteiger partial charge in [0.05, 0.1) is 22.4 Å². The summed E-state index contributed by atoms with van der Waals surface area (Å²) in [7, 11) is 0. The zero-order valence-corrected chi connectivity index (χ0v) is 26.6. The molecule has 47 heavy (non-hydrogen) atoms. The number of pyridine rings is 1. The molecule has 0 radical (unpaired) electrons. The highest BCUT2D eigenvalue weighted by Gasteiger charge is 2.37.